The van der Waals surface area contributed by atoms with Gasteiger partial charge in [0.1, 0.15) is 9.90 Å². The molecule has 0 atom stereocenters. The summed E-state index contributed by atoms with van der Waals surface area (Å²) in [6.45, 7) is 4.26. The normalized spacial score (nSPS) is 19.6. The average molecular weight is 409 g/mol. The van der Waals surface area contributed by atoms with Crippen LogP contribution < -0.4 is 10.2 Å². The quantitative estimate of drug-likeness (QED) is 0.796. The molecule has 4 heterocycles. The van der Waals surface area contributed by atoms with Crippen LogP contribution in [0.1, 0.15) is 6.42 Å². The van der Waals surface area contributed by atoms with Crippen LogP contribution >= 0.6 is 11.3 Å². The van der Waals surface area contributed by atoms with Crippen molar-refractivity contribution >= 4 is 38.3 Å². The van der Waals surface area contributed by atoms with Crippen molar-refractivity contribution in [3.8, 4) is 0 Å². The first kappa shape index (κ1) is 18.1. The van der Waals surface area contributed by atoms with E-state index in [1.165, 1.54) is 17.4 Å². The van der Waals surface area contributed by atoms with Gasteiger partial charge in [0.15, 0.2) is 0 Å². The monoisotopic (exact) mass is 408 g/mol. The van der Waals surface area contributed by atoms with Gasteiger partial charge in [-0.05, 0) is 23.9 Å². The maximum Gasteiger partial charge on any atom is 0.336 e. The Morgan fingerprint density at radius 1 is 1.11 bits per heavy atom. The number of thiophene rings is 1. The lowest BCUT2D eigenvalue weighted by Crippen LogP contribution is -2.48. The summed E-state index contributed by atoms with van der Waals surface area (Å²) in [6, 6.07) is 2.76. The molecular formula is C16H20N6O3S2. The second kappa shape index (κ2) is 7.41. The fourth-order valence-electron chi connectivity index (χ4n) is 3.26. The Labute approximate surface area is 161 Å². The van der Waals surface area contributed by atoms with Gasteiger partial charge in [-0.1, -0.05) is 0 Å². The van der Waals surface area contributed by atoms with Crippen LogP contribution in [0.5, 0.6) is 0 Å². The zero-order valence-corrected chi connectivity index (χ0v) is 16.2. The Balaban J connectivity index is 1.29. The summed E-state index contributed by atoms with van der Waals surface area (Å²) in [4.78, 5) is 25.3. The molecule has 0 aliphatic carbocycles. The van der Waals surface area contributed by atoms with Gasteiger partial charge in [0.2, 0.25) is 5.95 Å². The Morgan fingerprint density at radius 3 is 2.59 bits per heavy atom. The third kappa shape index (κ3) is 3.62. The number of amides is 2. The number of nitrogens with one attached hydrogen (secondary N) is 1. The summed E-state index contributed by atoms with van der Waals surface area (Å²) in [5, 5.41) is 4.72. The van der Waals surface area contributed by atoms with E-state index in [0.717, 1.165) is 43.0 Å². The van der Waals surface area contributed by atoms with Gasteiger partial charge in [-0.3, -0.25) is 10.2 Å². The first-order chi connectivity index (χ1) is 13.1. The molecule has 144 valence electrons. The fraction of sp³-hybridized carbons (Fsp3) is 0.438. The fourth-order valence-corrected chi connectivity index (χ4v) is 5.88. The topological polar surface area (TPSA) is 98.7 Å². The molecule has 2 amide bonds. The van der Waals surface area contributed by atoms with Crippen LogP contribution in [-0.2, 0) is 10.0 Å². The maximum absolute atomic E-state index is 12.6. The molecular weight excluding hydrogens is 388 g/mol. The summed E-state index contributed by atoms with van der Waals surface area (Å²) in [5.41, 5.74) is 0. The molecule has 27 heavy (non-hydrogen) atoms. The van der Waals surface area contributed by atoms with E-state index in [1.807, 2.05) is 0 Å². The minimum atomic E-state index is -3.75. The van der Waals surface area contributed by atoms with E-state index >= 15 is 0 Å². The zero-order valence-electron chi connectivity index (χ0n) is 14.6. The third-order valence-corrected chi connectivity index (χ3v) is 7.47. The van der Waals surface area contributed by atoms with E-state index in [0.29, 0.717) is 11.4 Å². The Hall–Kier alpha value is -2.24. The predicted molar refractivity (Wildman–Crippen MR) is 103 cm³/mol. The molecule has 0 spiro atoms. The number of sulfonamides is 1. The van der Waals surface area contributed by atoms with Gasteiger partial charge < -0.3 is 4.90 Å². The smallest absolute Gasteiger partial charge is 0.336 e. The van der Waals surface area contributed by atoms with E-state index in [4.69, 9.17) is 0 Å². The summed E-state index contributed by atoms with van der Waals surface area (Å²) >= 11 is 1.22. The largest absolute Gasteiger partial charge is 0.338 e. The number of fused-ring (bicyclic) bond motifs is 1. The van der Waals surface area contributed by atoms with E-state index in [-0.39, 0.29) is 11.4 Å². The van der Waals surface area contributed by atoms with E-state index in [1.54, 1.807) is 23.8 Å². The SMILES string of the molecule is O=C1Nc2sccc2S(=O)(=O)N1CCCN1CCN(c2ncccn2)CC1. The molecule has 2 aliphatic heterocycles. The lowest BCUT2D eigenvalue weighted by Gasteiger charge is -2.35. The molecule has 1 saturated heterocycles. The average Bonchev–Trinajstić information content (AvgIpc) is 3.15. The van der Waals surface area contributed by atoms with Crippen molar-refractivity contribution in [2.45, 2.75) is 11.3 Å². The summed E-state index contributed by atoms with van der Waals surface area (Å²) < 4.78 is 26.1. The standard InChI is InChI=1S/C16H20N6O3S2/c23-16-19-14-13(3-12-26-14)27(24,25)22(16)7-2-6-20-8-10-21(11-9-20)15-17-4-1-5-18-15/h1,3-5,12H,2,6-11H2,(H,19,23). The molecule has 1 fully saturated rings. The Morgan fingerprint density at radius 2 is 1.85 bits per heavy atom. The number of nitrogens with zero attached hydrogens (tertiary/aromatic N) is 5. The van der Waals surface area contributed by atoms with Gasteiger partial charge in [0.05, 0.1) is 0 Å². The van der Waals surface area contributed by atoms with Crippen LogP contribution in [0.2, 0.25) is 0 Å². The molecule has 0 unspecified atom stereocenters. The second-order valence-corrected chi connectivity index (χ2v) is 9.10. The van der Waals surface area contributed by atoms with Crippen molar-refractivity contribution in [1.29, 1.82) is 0 Å². The van der Waals surface area contributed by atoms with Crippen molar-refractivity contribution < 1.29 is 13.2 Å². The molecule has 2 aromatic heterocycles. The lowest BCUT2D eigenvalue weighted by atomic mass is 10.3. The molecule has 9 nitrogen and oxygen atoms in total. The minimum absolute atomic E-state index is 0.172. The van der Waals surface area contributed by atoms with Gasteiger partial charge >= 0.3 is 6.03 Å². The Kier molecular flexibility index (Phi) is 4.98. The van der Waals surface area contributed by atoms with Crippen LogP contribution in [-0.4, -0.2) is 72.9 Å². The highest BCUT2D eigenvalue weighted by Gasteiger charge is 2.37. The maximum atomic E-state index is 12.6. The minimum Gasteiger partial charge on any atom is -0.338 e. The Bertz CT molecular complexity index is 909. The number of urea groups is 1. The molecule has 4 rings (SSSR count). The number of carbonyl (C=O) groups is 1. The number of anilines is 2. The number of rotatable bonds is 5. The van der Waals surface area contributed by atoms with Crippen molar-refractivity contribution in [2.75, 3.05) is 49.5 Å². The molecule has 2 aliphatic rings. The molecule has 0 bridgehead atoms. The number of piperazine rings is 1. The van der Waals surface area contributed by atoms with Crippen LogP contribution in [0.4, 0.5) is 15.7 Å². The molecule has 1 N–H and O–H groups in total. The van der Waals surface area contributed by atoms with Crippen LogP contribution in [0.15, 0.2) is 34.8 Å². The van der Waals surface area contributed by atoms with E-state index < -0.39 is 16.1 Å². The number of hydrogen-bond donors (Lipinski definition) is 1. The zero-order chi connectivity index (χ0) is 18.9. The van der Waals surface area contributed by atoms with Gasteiger partial charge in [0, 0.05) is 51.7 Å². The first-order valence-electron chi connectivity index (χ1n) is 8.71. The highest BCUT2D eigenvalue weighted by atomic mass is 32.2. The summed E-state index contributed by atoms with van der Waals surface area (Å²) in [5.74, 6) is 0.736. The van der Waals surface area contributed by atoms with Crippen molar-refractivity contribution in [2.24, 2.45) is 0 Å². The van der Waals surface area contributed by atoms with Crippen LogP contribution in [0, 0.1) is 0 Å². The van der Waals surface area contributed by atoms with Crippen molar-refractivity contribution in [1.82, 2.24) is 19.2 Å². The highest BCUT2D eigenvalue weighted by molar-refractivity contribution is 7.90. The van der Waals surface area contributed by atoms with Crippen molar-refractivity contribution in [3.05, 3.63) is 29.9 Å². The van der Waals surface area contributed by atoms with Gasteiger partial charge in [-0.25, -0.2) is 27.5 Å². The number of hydrogen-bond acceptors (Lipinski definition) is 8. The van der Waals surface area contributed by atoms with Crippen LogP contribution in [0.3, 0.4) is 0 Å². The molecule has 0 aromatic carbocycles. The van der Waals surface area contributed by atoms with E-state index in [2.05, 4.69) is 25.1 Å². The summed E-state index contributed by atoms with van der Waals surface area (Å²) in [6.07, 6.45) is 4.06. The predicted octanol–water partition coefficient (Wildman–Crippen LogP) is 1.29. The van der Waals surface area contributed by atoms with E-state index in [9.17, 15) is 13.2 Å². The van der Waals surface area contributed by atoms with Crippen LogP contribution in [0.25, 0.3) is 0 Å². The second-order valence-electron chi connectivity index (χ2n) is 6.35. The highest BCUT2D eigenvalue weighted by Crippen LogP contribution is 2.34. The number of carbonyl (C=O) groups excluding carboxylic acids is 1. The summed E-state index contributed by atoms with van der Waals surface area (Å²) in [7, 11) is -3.75. The molecule has 0 radical (unpaired) electrons. The van der Waals surface area contributed by atoms with Gasteiger partial charge in [-0.2, -0.15) is 0 Å². The molecule has 11 heteroatoms. The first-order valence-corrected chi connectivity index (χ1v) is 11.0. The third-order valence-electron chi connectivity index (χ3n) is 4.69. The van der Waals surface area contributed by atoms with Gasteiger partial charge in [-0.15, -0.1) is 11.3 Å². The van der Waals surface area contributed by atoms with Crippen molar-refractivity contribution in [3.63, 3.8) is 0 Å². The number of aromatic nitrogens is 2. The lowest BCUT2D eigenvalue weighted by molar-refractivity contribution is 0.225. The molecule has 0 saturated carbocycles. The van der Waals surface area contributed by atoms with Gasteiger partial charge in [0.25, 0.3) is 10.0 Å². The molecule has 2 aromatic rings.